The summed E-state index contributed by atoms with van der Waals surface area (Å²) in [6, 6.07) is 12.8. The largest absolute Gasteiger partial charge is 0.493 e. The lowest BCUT2D eigenvalue weighted by Gasteiger charge is -2.16. The Morgan fingerprint density at radius 1 is 1.10 bits per heavy atom. The fraction of sp³-hybridized carbons (Fsp3) is 0.333. The van der Waals surface area contributed by atoms with E-state index in [1.54, 1.807) is 0 Å². The Morgan fingerprint density at radius 3 is 2.43 bits per heavy atom. The summed E-state index contributed by atoms with van der Waals surface area (Å²) >= 11 is 10.1. The third-order valence-corrected chi connectivity index (χ3v) is 5.19. The average molecular weight is 366 g/mol. The highest BCUT2D eigenvalue weighted by Gasteiger charge is 2.23. The molecule has 0 amide bonds. The van der Waals surface area contributed by atoms with Gasteiger partial charge in [0.25, 0.3) is 0 Å². The van der Waals surface area contributed by atoms with Crippen LogP contribution < -0.4 is 4.74 Å². The number of fused-ring (bicyclic) bond motifs is 1. The first-order valence-electron chi connectivity index (χ1n) is 7.25. The van der Waals surface area contributed by atoms with E-state index in [2.05, 4.69) is 54.0 Å². The molecule has 3 heteroatoms. The van der Waals surface area contributed by atoms with Crippen LogP contribution in [0.1, 0.15) is 46.8 Å². The van der Waals surface area contributed by atoms with Gasteiger partial charge in [-0.15, -0.1) is 0 Å². The maximum Gasteiger partial charge on any atom is 0.127 e. The quantitative estimate of drug-likeness (QED) is 0.617. The SMILES string of the molecule is CC(C)c1ccc(C(Br)c2cc(Cl)cc3c2OCC3)cc1. The van der Waals surface area contributed by atoms with Gasteiger partial charge in [0.15, 0.2) is 0 Å². The molecule has 0 saturated carbocycles. The van der Waals surface area contributed by atoms with Crippen molar-refractivity contribution in [1.29, 1.82) is 0 Å². The van der Waals surface area contributed by atoms with Crippen molar-refractivity contribution >= 4 is 27.5 Å². The zero-order valence-corrected chi connectivity index (χ0v) is 14.5. The lowest BCUT2D eigenvalue weighted by atomic mass is 9.97. The summed E-state index contributed by atoms with van der Waals surface area (Å²) in [6.07, 6.45) is 0.939. The van der Waals surface area contributed by atoms with Crippen LogP contribution >= 0.6 is 27.5 Å². The van der Waals surface area contributed by atoms with Gasteiger partial charge in [-0.05, 0) is 34.7 Å². The predicted molar refractivity (Wildman–Crippen MR) is 92.0 cm³/mol. The molecule has 0 aromatic heterocycles. The van der Waals surface area contributed by atoms with Crippen LogP contribution in [0.15, 0.2) is 36.4 Å². The Balaban J connectivity index is 1.97. The molecule has 0 fully saturated rings. The maximum atomic E-state index is 6.25. The zero-order valence-electron chi connectivity index (χ0n) is 12.2. The van der Waals surface area contributed by atoms with Crippen molar-refractivity contribution in [2.24, 2.45) is 0 Å². The van der Waals surface area contributed by atoms with Crippen LogP contribution in [-0.4, -0.2) is 6.61 Å². The molecule has 1 aliphatic heterocycles. The van der Waals surface area contributed by atoms with Crippen molar-refractivity contribution in [2.75, 3.05) is 6.61 Å². The first-order valence-corrected chi connectivity index (χ1v) is 8.54. The Labute approximate surface area is 139 Å². The summed E-state index contributed by atoms with van der Waals surface area (Å²) in [4.78, 5) is 0.101. The fourth-order valence-electron chi connectivity index (χ4n) is 2.72. The summed E-state index contributed by atoms with van der Waals surface area (Å²) < 4.78 is 5.80. The van der Waals surface area contributed by atoms with E-state index in [0.717, 1.165) is 29.4 Å². The first-order chi connectivity index (χ1) is 10.1. The van der Waals surface area contributed by atoms with Crippen molar-refractivity contribution in [1.82, 2.24) is 0 Å². The van der Waals surface area contributed by atoms with Crippen LogP contribution in [0.2, 0.25) is 5.02 Å². The van der Waals surface area contributed by atoms with Crippen molar-refractivity contribution in [2.45, 2.75) is 31.0 Å². The van der Waals surface area contributed by atoms with Crippen LogP contribution in [-0.2, 0) is 6.42 Å². The standard InChI is InChI=1S/C18H18BrClO/c1-11(2)12-3-5-13(6-4-12)17(19)16-10-15(20)9-14-7-8-21-18(14)16/h3-6,9-11,17H,7-8H2,1-2H3. The normalized spacial score (nSPS) is 14.9. The van der Waals surface area contributed by atoms with Crippen LogP contribution in [0.5, 0.6) is 5.75 Å². The van der Waals surface area contributed by atoms with E-state index in [9.17, 15) is 0 Å². The van der Waals surface area contributed by atoms with Crippen LogP contribution in [0.25, 0.3) is 0 Å². The summed E-state index contributed by atoms with van der Waals surface area (Å²) in [5, 5.41) is 0.775. The average Bonchev–Trinajstić information content (AvgIpc) is 2.93. The molecule has 21 heavy (non-hydrogen) atoms. The highest BCUT2D eigenvalue weighted by atomic mass is 79.9. The maximum absolute atomic E-state index is 6.25. The topological polar surface area (TPSA) is 9.23 Å². The monoisotopic (exact) mass is 364 g/mol. The van der Waals surface area contributed by atoms with Crippen molar-refractivity contribution < 1.29 is 4.74 Å². The molecule has 2 aromatic carbocycles. The number of ether oxygens (including phenoxy) is 1. The van der Waals surface area contributed by atoms with E-state index in [4.69, 9.17) is 16.3 Å². The van der Waals surface area contributed by atoms with E-state index in [1.165, 1.54) is 16.7 Å². The number of alkyl halides is 1. The van der Waals surface area contributed by atoms with E-state index in [-0.39, 0.29) is 4.83 Å². The molecule has 1 heterocycles. The van der Waals surface area contributed by atoms with Crippen molar-refractivity contribution in [3.8, 4) is 5.75 Å². The van der Waals surface area contributed by atoms with Gasteiger partial charge in [0.05, 0.1) is 11.4 Å². The summed E-state index contributed by atoms with van der Waals surface area (Å²) in [6.45, 7) is 5.16. The third-order valence-electron chi connectivity index (χ3n) is 3.95. The van der Waals surface area contributed by atoms with E-state index in [0.29, 0.717) is 5.92 Å². The summed E-state index contributed by atoms with van der Waals surface area (Å²) in [5.74, 6) is 1.54. The van der Waals surface area contributed by atoms with Gasteiger partial charge in [-0.3, -0.25) is 0 Å². The summed E-state index contributed by atoms with van der Waals surface area (Å²) in [7, 11) is 0. The molecule has 110 valence electrons. The molecule has 0 radical (unpaired) electrons. The second kappa shape index (κ2) is 6.02. The van der Waals surface area contributed by atoms with Gasteiger partial charge in [0.2, 0.25) is 0 Å². The number of benzene rings is 2. The molecule has 0 N–H and O–H groups in total. The van der Waals surface area contributed by atoms with Gasteiger partial charge in [-0.25, -0.2) is 0 Å². The molecule has 1 atom stereocenters. The minimum atomic E-state index is 0.101. The van der Waals surface area contributed by atoms with Crippen LogP contribution in [0, 0.1) is 0 Å². The first kappa shape index (κ1) is 14.9. The molecule has 0 aliphatic carbocycles. The third kappa shape index (κ3) is 2.97. The molecule has 0 saturated heterocycles. The highest BCUT2D eigenvalue weighted by molar-refractivity contribution is 9.09. The Kier molecular flexibility index (Phi) is 4.28. The van der Waals surface area contributed by atoms with Gasteiger partial charge < -0.3 is 4.74 Å². The second-order valence-electron chi connectivity index (χ2n) is 5.77. The lowest BCUT2D eigenvalue weighted by Crippen LogP contribution is -1.98. The highest BCUT2D eigenvalue weighted by Crippen LogP contribution is 2.42. The fourth-order valence-corrected chi connectivity index (χ4v) is 3.61. The van der Waals surface area contributed by atoms with E-state index in [1.807, 2.05) is 12.1 Å². The molecule has 2 aromatic rings. The minimum Gasteiger partial charge on any atom is -0.493 e. The molecular weight excluding hydrogens is 348 g/mol. The van der Waals surface area contributed by atoms with Crippen LogP contribution in [0.3, 0.4) is 0 Å². The molecule has 0 bridgehead atoms. The molecule has 3 rings (SSSR count). The Morgan fingerprint density at radius 2 is 1.76 bits per heavy atom. The van der Waals surface area contributed by atoms with Gasteiger partial charge in [0.1, 0.15) is 5.75 Å². The molecule has 1 unspecified atom stereocenters. The minimum absolute atomic E-state index is 0.101. The predicted octanol–water partition coefficient (Wildman–Crippen LogP) is 5.88. The molecular formula is C18H18BrClO. The summed E-state index contributed by atoms with van der Waals surface area (Å²) in [5.41, 5.74) is 4.90. The van der Waals surface area contributed by atoms with Gasteiger partial charge in [-0.2, -0.15) is 0 Å². The van der Waals surface area contributed by atoms with Crippen LogP contribution in [0.4, 0.5) is 0 Å². The molecule has 0 spiro atoms. The Bertz CT molecular complexity index is 649. The number of rotatable bonds is 3. The van der Waals surface area contributed by atoms with E-state index < -0.39 is 0 Å². The number of halogens is 2. The van der Waals surface area contributed by atoms with E-state index >= 15 is 0 Å². The van der Waals surface area contributed by atoms with Gasteiger partial charge in [-0.1, -0.05) is 65.6 Å². The zero-order chi connectivity index (χ0) is 15.0. The number of hydrogen-bond donors (Lipinski definition) is 0. The van der Waals surface area contributed by atoms with Gasteiger partial charge >= 0.3 is 0 Å². The smallest absolute Gasteiger partial charge is 0.127 e. The molecule has 1 nitrogen and oxygen atoms in total. The van der Waals surface area contributed by atoms with Crippen molar-refractivity contribution in [3.05, 3.63) is 63.7 Å². The molecule has 1 aliphatic rings. The van der Waals surface area contributed by atoms with Gasteiger partial charge in [0, 0.05) is 17.0 Å². The van der Waals surface area contributed by atoms with Crippen molar-refractivity contribution in [3.63, 3.8) is 0 Å². The second-order valence-corrected chi connectivity index (χ2v) is 7.12. The lowest BCUT2D eigenvalue weighted by molar-refractivity contribution is 0.354. The number of hydrogen-bond acceptors (Lipinski definition) is 1. The Hall–Kier alpha value is -0.990.